The molecule has 5 aromatic rings. The van der Waals surface area contributed by atoms with Gasteiger partial charge in [-0.15, -0.1) is 0 Å². The van der Waals surface area contributed by atoms with E-state index in [0.717, 1.165) is 71.7 Å². The van der Waals surface area contributed by atoms with E-state index in [-0.39, 0.29) is 6.03 Å². The highest BCUT2D eigenvalue weighted by Crippen LogP contribution is 2.31. The van der Waals surface area contributed by atoms with Crippen molar-refractivity contribution in [1.82, 2.24) is 29.5 Å². The van der Waals surface area contributed by atoms with Gasteiger partial charge in [-0.25, -0.2) is 9.78 Å². The van der Waals surface area contributed by atoms with Crippen molar-refractivity contribution in [1.29, 1.82) is 0 Å². The molecule has 8 heteroatoms. The lowest BCUT2D eigenvalue weighted by molar-refractivity contribution is 0.164. The lowest BCUT2D eigenvalue weighted by Gasteiger charge is -2.32. The van der Waals surface area contributed by atoms with Crippen LogP contribution in [0.5, 0.6) is 0 Å². The van der Waals surface area contributed by atoms with E-state index in [9.17, 15) is 4.79 Å². The van der Waals surface area contributed by atoms with Gasteiger partial charge in [-0.05, 0) is 36.4 Å². The van der Waals surface area contributed by atoms with Crippen molar-refractivity contribution in [2.45, 2.75) is 6.54 Å². The molecule has 1 aliphatic heterocycles. The molecule has 0 unspecified atom stereocenters. The van der Waals surface area contributed by atoms with E-state index in [4.69, 9.17) is 0 Å². The lowest BCUT2D eigenvalue weighted by Crippen LogP contribution is -2.48. The number of rotatable bonds is 5. The third-order valence-corrected chi connectivity index (χ3v) is 6.90. The maximum Gasteiger partial charge on any atom is 0.321 e. The third-order valence-electron chi connectivity index (χ3n) is 6.90. The van der Waals surface area contributed by atoms with Gasteiger partial charge in [0.2, 0.25) is 0 Å². The number of piperazine rings is 1. The Labute approximate surface area is 215 Å². The van der Waals surface area contributed by atoms with Gasteiger partial charge in [0.25, 0.3) is 0 Å². The molecule has 186 valence electrons. The molecule has 2 N–H and O–H groups in total. The summed E-state index contributed by atoms with van der Waals surface area (Å²) in [6, 6.07) is 20.3. The smallest absolute Gasteiger partial charge is 0.321 e. The van der Waals surface area contributed by atoms with Crippen LogP contribution in [0, 0.1) is 0 Å². The molecule has 0 aliphatic carbocycles. The number of carbonyl (C=O) groups is 1. The molecule has 2 aromatic carbocycles. The maximum absolute atomic E-state index is 12.8. The minimum atomic E-state index is -0.0562. The van der Waals surface area contributed by atoms with Gasteiger partial charge in [0.15, 0.2) is 0 Å². The Bertz CT molecular complexity index is 1530. The SMILES string of the molecule is CN1CCN(C(=O)Nc2cccc(-c3cnc4[nH]cc(-c5cnn(Cc6ccccc6)c5)c4c3)c2)CC1. The Balaban J connectivity index is 1.23. The fourth-order valence-corrected chi connectivity index (χ4v) is 4.75. The number of hydrogen-bond acceptors (Lipinski definition) is 4. The van der Waals surface area contributed by atoms with Crippen LogP contribution in [0.2, 0.25) is 0 Å². The number of aromatic nitrogens is 4. The highest BCUT2D eigenvalue weighted by atomic mass is 16.2. The number of fused-ring (bicyclic) bond motifs is 1. The predicted octanol–water partition coefficient (Wildman–Crippen LogP) is 4.92. The van der Waals surface area contributed by atoms with Crippen LogP contribution in [0.3, 0.4) is 0 Å². The van der Waals surface area contributed by atoms with Crippen LogP contribution < -0.4 is 5.32 Å². The average Bonchev–Trinajstić information content (AvgIpc) is 3.56. The Hall–Kier alpha value is -4.43. The fourth-order valence-electron chi connectivity index (χ4n) is 4.75. The van der Waals surface area contributed by atoms with E-state index in [2.05, 4.69) is 56.7 Å². The zero-order valence-corrected chi connectivity index (χ0v) is 20.8. The molecule has 1 aliphatic rings. The normalized spacial score (nSPS) is 14.2. The second kappa shape index (κ2) is 9.91. The van der Waals surface area contributed by atoms with Crippen molar-refractivity contribution >= 4 is 22.8 Å². The largest absolute Gasteiger partial charge is 0.346 e. The van der Waals surface area contributed by atoms with Crippen LogP contribution in [0.15, 0.2) is 85.5 Å². The maximum atomic E-state index is 12.8. The highest BCUT2D eigenvalue weighted by Gasteiger charge is 2.19. The van der Waals surface area contributed by atoms with E-state index in [0.29, 0.717) is 0 Å². The first-order chi connectivity index (χ1) is 18.1. The Morgan fingerprint density at radius 3 is 2.62 bits per heavy atom. The molecule has 1 fully saturated rings. The summed E-state index contributed by atoms with van der Waals surface area (Å²) in [6.45, 7) is 3.98. The van der Waals surface area contributed by atoms with Crippen molar-refractivity contribution in [3.8, 4) is 22.3 Å². The summed E-state index contributed by atoms with van der Waals surface area (Å²) in [5.74, 6) is 0. The molecule has 0 spiro atoms. The molecule has 3 aromatic heterocycles. The van der Waals surface area contributed by atoms with Crippen LogP contribution in [-0.2, 0) is 6.54 Å². The summed E-state index contributed by atoms with van der Waals surface area (Å²) in [5.41, 5.74) is 6.89. The average molecular weight is 492 g/mol. The standard InChI is InChI=1S/C29H29N7O/c1-34-10-12-35(13-11-34)29(37)33-25-9-5-8-22(14-25)23-15-26-27(18-31-28(26)30-16-23)24-17-32-36(20-24)19-21-6-3-2-4-7-21/h2-9,14-18,20H,10-13,19H2,1H3,(H,30,31)(H,33,37). The Morgan fingerprint density at radius 2 is 1.78 bits per heavy atom. The quantitative estimate of drug-likeness (QED) is 0.366. The van der Waals surface area contributed by atoms with Gasteiger partial charge in [0, 0.05) is 72.5 Å². The van der Waals surface area contributed by atoms with E-state index >= 15 is 0 Å². The van der Waals surface area contributed by atoms with E-state index in [1.165, 1.54) is 5.56 Å². The van der Waals surface area contributed by atoms with Gasteiger partial charge in [-0.2, -0.15) is 5.10 Å². The topological polar surface area (TPSA) is 82.1 Å². The number of likely N-dealkylation sites (N-methyl/N-ethyl adjacent to an activating group) is 1. The van der Waals surface area contributed by atoms with Gasteiger partial charge in [0.1, 0.15) is 5.65 Å². The summed E-state index contributed by atoms with van der Waals surface area (Å²) in [5, 5.41) is 8.66. The van der Waals surface area contributed by atoms with Crippen molar-refractivity contribution in [3.63, 3.8) is 0 Å². The first-order valence-electron chi connectivity index (χ1n) is 12.5. The molecular weight excluding hydrogens is 462 g/mol. The van der Waals surface area contributed by atoms with E-state index < -0.39 is 0 Å². The number of nitrogens with one attached hydrogen (secondary N) is 2. The summed E-state index contributed by atoms with van der Waals surface area (Å²) in [7, 11) is 2.08. The monoisotopic (exact) mass is 491 g/mol. The van der Waals surface area contributed by atoms with Crippen LogP contribution >= 0.6 is 0 Å². The van der Waals surface area contributed by atoms with Crippen LogP contribution in [0.4, 0.5) is 10.5 Å². The number of nitrogens with zero attached hydrogens (tertiary/aromatic N) is 5. The highest BCUT2D eigenvalue weighted by molar-refractivity contribution is 5.96. The minimum absolute atomic E-state index is 0.0562. The number of H-pyrrole nitrogens is 1. The number of anilines is 1. The molecule has 0 atom stereocenters. The minimum Gasteiger partial charge on any atom is -0.346 e. The molecule has 0 saturated carbocycles. The van der Waals surface area contributed by atoms with Gasteiger partial charge in [0.05, 0.1) is 12.7 Å². The first-order valence-corrected chi connectivity index (χ1v) is 12.5. The zero-order chi connectivity index (χ0) is 25.2. The second-order valence-corrected chi connectivity index (χ2v) is 9.54. The number of aromatic amines is 1. The summed E-state index contributed by atoms with van der Waals surface area (Å²) >= 11 is 0. The van der Waals surface area contributed by atoms with E-state index in [1.807, 2.05) is 70.6 Å². The van der Waals surface area contributed by atoms with Crippen molar-refractivity contribution in [2.24, 2.45) is 0 Å². The van der Waals surface area contributed by atoms with Crippen LogP contribution in [-0.4, -0.2) is 68.8 Å². The summed E-state index contributed by atoms with van der Waals surface area (Å²) < 4.78 is 1.95. The van der Waals surface area contributed by atoms with Crippen LogP contribution in [0.25, 0.3) is 33.3 Å². The number of hydrogen-bond donors (Lipinski definition) is 2. The van der Waals surface area contributed by atoms with Crippen molar-refractivity contribution < 1.29 is 4.79 Å². The Kier molecular flexibility index (Phi) is 6.16. The zero-order valence-electron chi connectivity index (χ0n) is 20.8. The Morgan fingerprint density at radius 1 is 0.946 bits per heavy atom. The van der Waals surface area contributed by atoms with Gasteiger partial charge < -0.3 is 20.1 Å². The molecule has 37 heavy (non-hydrogen) atoms. The molecule has 0 radical (unpaired) electrons. The summed E-state index contributed by atoms with van der Waals surface area (Å²) in [4.78, 5) is 24.8. The summed E-state index contributed by atoms with van der Waals surface area (Å²) in [6.07, 6.45) is 7.81. The van der Waals surface area contributed by atoms with Crippen molar-refractivity contribution in [3.05, 3.63) is 91.0 Å². The molecule has 6 rings (SSSR count). The molecule has 1 saturated heterocycles. The molecular formula is C29H29N7O. The first kappa shape index (κ1) is 23.0. The molecule has 4 heterocycles. The number of benzene rings is 2. The number of amides is 2. The lowest BCUT2D eigenvalue weighted by atomic mass is 10.0. The molecule has 2 amide bonds. The number of carbonyl (C=O) groups excluding carboxylic acids is 1. The van der Waals surface area contributed by atoms with Gasteiger partial charge >= 0.3 is 6.03 Å². The van der Waals surface area contributed by atoms with Gasteiger partial charge in [-0.3, -0.25) is 4.68 Å². The number of urea groups is 1. The second-order valence-electron chi connectivity index (χ2n) is 9.54. The van der Waals surface area contributed by atoms with Gasteiger partial charge in [-0.1, -0.05) is 42.5 Å². The number of pyridine rings is 1. The van der Waals surface area contributed by atoms with E-state index in [1.54, 1.807) is 0 Å². The van der Waals surface area contributed by atoms with Crippen LogP contribution in [0.1, 0.15) is 5.56 Å². The third kappa shape index (κ3) is 4.96. The van der Waals surface area contributed by atoms with Crippen molar-refractivity contribution in [2.75, 3.05) is 38.5 Å². The fraction of sp³-hybridized carbons (Fsp3) is 0.207. The molecule has 8 nitrogen and oxygen atoms in total. The molecule has 0 bridgehead atoms. The predicted molar refractivity (Wildman–Crippen MR) is 146 cm³/mol.